The molecule has 0 bridgehead atoms. The molecular formula is C20H19FN2O2S. The fourth-order valence-corrected chi connectivity index (χ4v) is 3.33. The molecule has 0 saturated carbocycles. The first-order chi connectivity index (χ1) is 12.6. The van der Waals surface area contributed by atoms with E-state index in [-0.39, 0.29) is 24.0 Å². The third-order valence-corrected chi connectivity index (χ3v) is 4.64. The van der Waals surface area contributed by atoms with E-state index >= 15 is 0 Å². The topological polar surface area (TPSA) is 51.2 Å². The molecule has 26 heavy (non-hydrogen) atoms. The van der Waals surface area contributed by atoms with E-state index in [1.165, 1.54) is 23.5 Å². The maximum Gasteiger partial charge on any atom is 0.255 e. The minimum Gasteiger partial charge on any atom is -0.486 e. The number of amides is 1. The van der Waals surface area contributed by atoms with Gasteiger partial charge in [0, 0.05) is 5.56 Å². The number of carbonyl (C=O) groups is 1. The molecule has 3 rings (SSSR count). The van der Waals surface area contributed by atoms with Gasteiger partial charge in [-0.1, -0.05) is 25.1 Å². The molecule has 0 radical (unpaired) electrons. The number of benzene rings is 2. The average Bonchev–Trinajstić information content (AvgIpc) is 3.00. The van der Waals surface area contributed by atoms with Crippen molar-refractivity contribution >= 4 is 33.1 Å². The summed E-state index contributed by atoms with van der Waals surface area (Å²) in [5.41, 5.74) is 1.40. The van der Waals surface area contributed by atoms with Gasteiger partial charge in [0.15, 0.2) is 11.6 Å². The van der Waals surface area contributed by atoms with Crippen molar-refractivity contribution in [3.8, 4) is 5.75 Å². The Morgan fingerprint density at radius 2 is 2.15 bits per heavy atom. The first-order valence-corrected chi connectivity index (χ1v) is 9.15. The highest BCUT2D eigenvalue weighted by Gasteiger charge is 2.14. The third kappa shape index (κ3) is 4.08. The Morgan fingerprint density at radius 3 is 2.96 bits per heavy atom. The molecule has 4 nitrogen and oxygen atoms in total. The third-order valence-electron chi connectivity index (χ3n) is 3.71. The van der Waals surface area contributed by atoms with Gasteiger partial charge in [-0.15, -0.1) is 11.3 Å². The van der Waals surface area contributed by atoms with Crippen LogP contribution in [0.4, 0.5) is 10.1 Å². The fraction of sp³-hybridized carbons (Fsp3) is 0.200. The molecule has 134 valence electrons. The molecule has 0 spiro atoms. The highest BCUT2D eigenvalue weighted by molar-refractivity contribution is 7.18. The largest absolute Gasteiger partial charge is 0.486 e. The van der Waals surface area contributed by atoms with Crippen molar-refractivity contribution in [3.05, 3.63) is 64.9 Å². The molecule has 6 heteroatoms. The Kier molecular flexibility index (Phi) is 5.63. The second-order valence-corrected chi connectivity index (χ2v) is 6.91. The minimum atomic E-state index is -0.583. The molecule has 2 aromatic carbocycles. The number of allylic oxidation sites excluding steroid dienone is 1. The van der Waals surface area contributed by atoms with E-state index in [1.54, 1.807) is 24.3 Å². The molecule has 1 heterocycles. The van der Waals surface area contributed by atoms with Crippen molar-refractivity contribution in [1.29, 1.82) is 0 Å². The maximum absolute atomic E-state index is 14.5. The molecule has 0 atom stereocenters. The summed E-state index contributed by atoms with van der Waals surface area (Å²) in [7, 11) is 0. The molecule has 1 amide bonds. The average molecular weight is 370 g/mol. The zero-order chi connectivity index (χ0) is 18.5. The lowest BCUT2D eigenvalue weighted by Crippen LogP contribution is -2.13. The molecule has 1 N–H and O–H groups in total. The van der Waals surface area contributed by atoms with Gasteiger partial charge >= 0.3 is 0 Å². The molecule has 0 saturated heterocycles. The molecule has 0 aliphatic heterocycles. The maximum atomic E-state index is 14.5. The first kappa shape index (κ1) is 18.1. The fourth-order valence-electron chi connectivity index (χ4n) is 2.47. The summed E-state index contributed by atoms with van der Waals surface area (Å²) in [5, 5.41) is 3.55. The van der Waals surface area contributed by atoms with E-state index < -0.39 is 5.82 Å². The zero-order valence-electron chi connectivity index (χ0n) is 14.6. The summed E-state index contributed by atoms with van der Waals surface area (Å²) >= 11 is 1.52. The normalized spacial score (nSPS) is 11.2. The van der Waals surface area contributed by atoms with Crippen molar-refractivity contribution in [2.24, 2.45) is 0 Å². The van der Waals surface area contributed by atoms with Crippen LogP contribution in [-0.2, 0) is 0 Å². The number of ether oxygens (including phenoxy) is 1. The van der Waals surface area contributed by atoms with Gasteiger partial charge in [0.25, 0.3) is 5.91 Å². The van der Waals surface area contributed by atoms with E-state index in [1.807, 2.05) is 26.0 Å². The van der Waals surface area contributed by atoms with Crippen molar-refractivity contribution in [2.75, 3.05) is 11.9 Å². The van der Waals surface area contributed by atoms with Crippen LogP contribution in [0, 0.1) is 12.7 Å². The van der Waals surface area contributed by atoms with Crippen LogP contribution in [-0.4, -0.2) is 17.5 Å². The smallest absolute Gasteiger partial charge is 0.255 e. The van der Waals surface area contributed by atoms with Crippen LogP contribution in [0.15, 0.2) is 48.6 Å². The highest BCUT2D eigenvalue weighted by Crippen LogP contribution is 2.26. The van der Waals surface area contributed by atoms with Gasteiger partial charge in [0.1, 0.15) is 6.61 Å². The number of aromatic nitrogens is 1. The number of halogens is 1. The lowest BCUT2D eigenvalue weighted by Gasteiger charge is -2.10. The summed E-state index contributed by atoms with van der Waals surface area (Å²) in [6, 6.07) is 9.94. The zero-order valence-corrected chi connectivity index (χ0v) is 15.4. The second kappa shape index (κ2) is 8.10. The molecule has 0 unspecified atom stereocenters. The summed E-state index contributed by atoms with van der Waals surface area (Å²) in [5.74, 6) is -0.850. The summed E-state index contributed by atoms with van der Waals surface area (Å²) < 4.78 is 20.9. The van der Waals surface area contributed by atoms with Crippen LogP contribution in [0.5, 0.6) is 5.75 Å². The SMILES string of the molecule is CCC=CCOc1cccc(NC(=O)c2ccc3nc(C)sc3c2)c1F. The van der Waals surface area contributed by atoms with Crippen molar-refractivity contribution in [1.82, 2.24) is 4.98 Å². The van der Waals surface area contributed by atoms with Crippen LogP contribution >= 0.6 is 11.3 Å². The Bertz CT molecular complexity index is 966. The van der Waals surface area contributed by atoms with Crippen LogP contribution in [0.25, 0.3) is 10.2 Å². The summed E-state index contributed by atoms with van der Waals surface area (Å²) in [6.07, 6.45) is 4.67. The number of carbonyl (C=O) groups excluding carboxylic acids is 1. The number of nitrogens with one attached hydrogen (secondary N) is 1. The number of aryl methyl sites for hydroxylation is 1. The molecule has 0 fully saturated rings. The van der Waals surface area contributed by atoms with E-state index in [0.717, 1.165) is 21.6 Å². The van der Waals surface area contributed by atoms with Gasteiger partial charge in [-0.25, -0.2) is 9.37 Å². The molecular weight excluding hydrogens is 351 g/mol. The lowest BCUT2D eigenvalue weighted by atomic mass is 10.2. The summed E-state index contributed by atoms with van der Waals surface area (Å²) in [4.78, 5) is 16.9. The number of hydrogen-bond donors (Lipinski definition) is 1. The quantitative estimate of drug-likeness (QED) is 0.596. The minimum absolute atomic E-state index is 0.0903. The Morgan fingerprint density at radius 1 is 1.31 bits per heavy atom. The number of hydrogen-bond acceptors (Lipinski definition) is 4. The molecule has 0 aliphatic rings. The molecule has 1 aromatic heterocycles. The van der Waals surface area contributed by atoms with Crippen LogP contribution in [0.2, 0.25) is 0 Å². The van der Waals surface area contributed by atoms with Gasteiger partial charge < -0.3 is 10.1 Å². The Balaban J connectivity index is 1.76. The molecule has 0 aliphatic carbocycles. The van der Waals surface area contributed by atoms with Crippen LogP contribution in [0.1, 0.15) is 28.7 Å². The van der Waals surface area contributed by atoms with E-state index in [2.05, 4.69) is 10.3 Å². The molecule has 3 aromatic rings. The second-order valence-electron chi connectivity index (χ2n) is 5.68. The number of thiazole rings is 1. The van der Waals surface area contributed by atoms with Crippen LogP contribution < -0.4 is 10.1 Å². The number of rotatable bonds is 6. The van der Waals surface area contributed by atoms with Crippen molar-refractivity contribution in [2.45, 2.75) is 20.3 Å². The number of nitrogens with zero attached hydrogens (tertiary/aromatic N) is 1. The van der Waals surface area contributed by atoms with Crippen molar-refractivity contribution in [3.63, 3.8) is 0 Å². The Hall–Kier alpha value is -2.73. The van der Waals surface area contributed by atoms with E-state index in [4.69, 9.17) is 4.74 Å². The van der Waals surface area contributed by atoms with E-state index in [9.17, 15) is 9.18 Å². The Labute approximate surface area is 155 Å². The van der Waals surface area contributed by atoms with Gasteiger partial charge in [-0.05, 0) is 43.7 Å². The highest BCUT2D eigenvalue weighted by atomic mass is 32.1. The monoisotopic (exact) mass is 370 g/mol. The predicted molar refractivity (Wildman–Crippen MR) is 104 cm³/mol. The lowest BCUT2D eigenvalue weighted by molar-refractivity contribution is 0.102. The number of fused-ring (bicyclic) bond motifs is 1. The standard InChI is InChI=1S/C20H19FN2O2S/c1-3-4-5-11-25-17-8-6-7-16(19(17)21)23-20(24)14-9-10-15-18(12-14)26-13(2)22-15/h4-10,12H,3,11H2,1-2H3,(H,23,24). The van der Waals surface area contributed by atoms with Crippen molar-refractivity contribution < 1.29 is 13.9 Å². The van der Waals surface area contributed by atoms with Gasteiger partial charge in [0.2, 0.25) is 0 Å². The number of anilines is 1. The predicted octanol–water partition coefficient (Wildman–Crippen LogP) is 5.34. The van der Waals surface area contributed by atoms with Gasteiger partial charge in [-0.2, -0.15) is 0 Å². The summed E-state index contributed by atoms with van der Waals surface area (Å²) in [6.45, 7) is 4.21. The van der Waals surface area contributed by atoms with Gasteiger partial charge in [0.05, 0.1) is 20.9 Å². The first-order valence-electron chi connectivity index (χ1n) is 8.33. The van der Waals surface area contributed by atoms with E-state index in [0.29, 0.717) is 5.56 Å². The van der Waals surface area contributed by atoms with Gasteiger partial charge in [-0.3, -0.25) is 4.79 Å². The van der Waals surface area contributed by atoms with Crippen LogP contribution in [0.3, 0.4) is 0 Å².